The molecule has 19 heavy (non-hydrogen) atoms. The summed E-state index contributed by atoms with van der Waals surface area (Å²) in [4.78, 5) is 0. The SMILES string of the molecule is OC(CBr)C(O)c1ccc(C2(O)CCNCC2)cc1. The highest BCUT2D eigenvalue weighted by Gasteiger charge is 2.31. The number of piperidine rings is 1. The second kappa shape index (κ2) is 6.33. The first-order chi connectivity index (χ1) is 9.07. The van der Waals surface area contributed by atoms with Gasteiger partial charge in [-0.25, -0.2) is 0 Å². The summed E-state index contributed by atoms with van der Waals surface area (Å²) >= 11 is 3.14. The molecule has 106 valence electrons. The minimum Gasteiger partial charge on any atom is -0.389 e. The normalized spacial score (nSPS) is 21.9. The smallest absolute Gasteiger partial charge is 0.106 e. The van der Waals surface area contributed by atoms with E-state index in [1.807, 2.05) is 12.1 Å². The Balaban J connectivity index is 2.14. The van der Waals surface area contributed by atoms with Crippen molar-refractivity contribution in [2.75, 3.05) is 18.4 Å². The summed E-state index contributed by atoms with van der Waals surface area (Å²) in [7, 11) is 0. The molecule has 5 heteroatoms. The van der Waals surface area contributed by atoms with Crippen molar-refractivity contribution >= 4 is 15.9 Å². The van der Waals surface area contributed by atoms with Crippen LogP contribution in [0.25, 0.3) is 0 Å². The highest BCUT2D eigenvalue weighted by Crippen LogP contribution is 2.31. The highest BCUT2D eigenvalue weighted by atomic mass is 79.9. The maximum absolute atomic E-state index is 10.6. The zero-order chi connectivity index (χ0) is 13.9. The molecule has 0 aliphatic carbocycles. The quantitative estimate of drug-likeness (QED) is 0.623. The fourth-order valence-corrected chi connectivity index (χ4v) is 2.78. The molecule has 1 aliphatic heterocycles. The number of hydrogen-bond acceptors (Lipinski definition) is 4. The molecule has 0 bridgehead atoms. The van der Waals surface area contributed by atoms with Crippen molar-refractivity contribution in [1.29, 1.82) is 0 Å². The lowest BCUT2D eigenvalue weighted by Gasteiger charge is -2.33. The Labute approximate surface area is 121 Å². The third-order valence-corrected chi connectivity index (χ3v) is 4.41. The van der Waals surface area contributed by atoms with E-state index in [1.54, 1.807) is 12.1 Å². The Morgan fingerprint density at radius 3 is 2.26 bits per heavy atom. The number of benzene rings is 1. The van der Waals surface area contributed by atoms with Gasteiger partial charge in [-0.05, 0) is 37.1 Å². The molecule has 1 heterocycles. The zero-order valence-electron chi connectivity index (χ0n) is 10.7. The van der Waals surface area contributed by atoms with Crippen molar-refractivity contribution in [2.45, 2.75) is 30.7 Å². The maximum Gasteiger partial charge on any atom is 0.106 e. The summed E-state index contributed by atoms with van der Waals surface area (Å²) in [5.74, 6) is 0. The van der Waals surface area contributed by atoms with Crippen LogP contribution in [0, 0.1) is 0 Å². The molecule has 1 aliphatic rings. The molecule has 1 saturated heterocycles. The standard InChI is InChI=1S/C14H20BrNO3/c15-9-12(17)13(18)10-1-3-11(4-2-10)14(19)5-7-16-8-6-14/h1-4,12-13,16-19H,5-9H2. The van der Waals surface area contributed by atoms with Gasteiger partial charge in [0.15, 0.2) is 0 Å². The van der Waals surface area contributed by atoms with Gasteiger partial charge in [0, 0.05) is 5.33 Å². The minimum atomic E-state index is -0.906. The van der Waals surface area contributed by atoms with Crippen LogP contribution in [-0.4, -0.2) is 39.8 Å². The van der Waals surface area contributed by atoms with Crippen LogP contribution in [0.5, 0.6) is 0 Å². The topological polar surface area (TPSA) is 72.7 Å². The van der Waals surface area contributed by atoms with Gasteiger partial charge in [0.2, 0.25) is 0 Å². The van der Waals surface area contributed by atoms with Crippen LogP contribution in [-0.2, 0) is 5.60 Å². The fourth-order valence-electron chi connectivity index (χ4n) is 2.43. The van der Waals surface area contributed by atoms with Gasteiger partial charge in [-0.1, -0.05) is 40.2 Å². The summed E-state index contributed by atoms with van der Waals surface area (Å²) < 4.78 is 0. The summed E-state index contributed by atoms with van der Waals surface area (Å²) in [5.41, 5.74) is 0.759. The lowest BCUT2D eigenvalue weighted by atomic mass is 9.84. The summed E-state index contributed by atoms with van der Waals surface area (Å²) in [5, 5.41) is 33.6. The van der Waals surface area contributed by atoms with Crippen molar-refractivity contribution in [1.82, 2.24) is 5.32 Å². The fraction of sp³-hybridized carbons (Fsp3) is 0.571. The molecule has 0 aromatic heterocycles. The largest absolute Gasteiger partial charge is 0.389 e. The van der Waals surface area contributed by atoms with Crippen molar-refractivity contribution in [2.24, 2.45) is 0 Å². The van der Waals surface area contributed by atoms with Crippen molar-refractivity contribution in [3.8, 4) is 0 Å². The van der Waals surface area contributed by atoms with Crippen molar-refractivity contribution in [3.05, 3.63) is 35.4 Å². The molecule has 2 unspecified atom stereocenters. The Morgan fingerprint density at radius 2 is 1.74 bits per heavy atom. The van der Waals surface area contributed by atoms with Crippen LogP contribution < -0.4 is 5.32 Å². The molecule has 1 fully saturated rings. The zero-order valence-corrected chi connectivity index (χ0v) is 12.3. The van der Waals surface area contributed by atoms with E-state index >= 15 is 0 Å². The van der Waals surface area contributed by atoms with E-state index < -0.39 is 17.8 Å². The summed E-state index contributed by atoms with van der Waals surface area (Å²) in [6.45, 7) is 1.62. The number of alkyl halides is 1. The molecule has 0 amide bonds. The molecule has 2 atom stereocenters. The molecule has 1 aromatic carbocycles. The van der Waals surface area contributed by atoms with E-state index in [1.165, 1.54) is 0 Å². The number of aliphatic hydroxyl groups is 3. The Kier molecular flexibility index (Phi) is 4.97. The minimum absolute atomic E-state index is 0.325. The third kappa shape index (κ3) is 3.35. The number of hydrogen-bond donors (Lipinski definition) is 4. The molecule has 2 rings (SSSR count). The Morgan fingerprint density at radius 1 is 1.16 bits per heavy atom. The number of nitrogens with one attached hydrogen (secondary N) is 1. The molecule has 4 nitrogen and oxygen atoms in total. The van der Waals surface area contributed by atoms with Crippen LogP contribution in [0.3, 0.4) is 0 Å². The van der Waals surface area contributed by atoms with Crippen LogP contribution >= 0.6 is 15.9 Å². The predicted octanol–water partition coefficient (Wildman–Crippen LogP) is 1.05. The van der Waals surface area contributed by atoms with E-state index in [0.717, 1.165) is 18.7 Å². The van der Waals surface area contributed by atoms with Gasteiger partial charge in [-0.2, -0.15) is 0 Å². The van der Waals surface area contributed by atoms with E-state index in [0.29, 0.717) is 23.7 Å². The van der Waals surface area contributed by atoms with E-state index in [2.05, 4.69) is 21.2 Å². The molecule has 4 N–H and O–H groups in total. The second-order valence-electron chi connectivity index (χ2n) is 5.07. The first-order valence-corrected chi connectivity index (χ1v) is 7.64. The first kappa shape index (κ1) is 14.9. The van der Waals surface area contributed by atoms with Gasteiger partial charge in [-0.3, -0.25) is 0 Å². The number of rotatable bonds is 4. The molecule has 0 spiro atoms. The molecule has 1 aromatic rings. The average Bonchev–Trinajstić information content (AvgIpc) is 2.46. The predicted molar refractivity (Wildman–Crippen MR) is 77.2 cm³/mol. The van der Waals surface area contributed by atoms with Crippen LogP contribution in [0.4, 0.5) is 0 Å². The van der Waals surface area contributed by atoms with E-state index in [9.17, 15) is 15.3 Å². The van der Waals surface area contributed by atoms with E-state index in [4.69, 9.17) is 0 Å². The van der Waals surface area contributed by atoms with Gasteiger partial charge >= 0.3 is 0 Å². The van der Waals surface area contributed by atoms with Gasteiger partial charge < -0.3 is 20.6 Å². The molecular weight excluding hydrogens is 310 g/mol. The lowest BCUT2D eigenvalue weighted by molar-refractivity contribution is 0.00570. The Bertz CT molecular complexity index is 404. The summed E-state index contributed by atoms with van der Waals surface area (Å²) in [6, 6.07) is 7.22. The molecule has 0 radical (unpaired) electrons. The van der Waals surface area contributed by atoms with Crippen LogP contribution in [0.1, 0.15) is 30.1 Å². The van der Waals surface area contributed by atoms with Crippen LogP contribution in [0.2, 0.25) is 0 Å². The van der Waals surface area contributed by atoms with Gasteiger partial charge in [-0.15, -0.1) is 0 Å². The third-order valence-electron chi connectivity index (χ3n) is 3.74. The van der Waals surface area contributed by atoms with E-state index in [-0.39, 0.29) is 0 Å². The van der Waals surface area contributed by atoms with Crippen molar-refractivity contribution < 1.29 is 15.3 Å². The monoisotopic (exact) mass is 329 g/mol. The molecular formula is C14H20BrNO3. The van der Waals surface area contributed by atoms with Gasteiger partial charge in [0.1, 0.15) is 6.10 Å². The van der Waals surface area contributed by atoms with Crippen molar-refractivity contribution in [3.63, 3.8) is 0 Å². The van der Waals surface area contributed by atoms with Crippen LogP contribution in [0.15, 0.2) is 24.3 Å². The average molecular weight is 330 g/mol. The second-order valence-corrected chi connectivity index (χ2v) is 5.72. The summed E-state index contributed by atoms with van der Waals surface area (Å²) in [6.07, 6.45) is -0.346. The highest BCUT2D eigenvalue weighted by molar-refractivity contribution is 9.09. The first-order valence-electron chi connectivity index (χ1n) is 6.52. The molecule has 0 saturated carbocycles. The van der Waals surface area contributed by atoms with Gasteiger partial charge in [0.05, 0.1) is 11.7 Å². The number of aliphatic hydroxyl groups excluding tert-OH is 2. The maximum atomic E-state index is 10.6. The Hall–Kier alpha value is -0.460. The lowest BCUT2D eigenvalue weighted by Crippen LogP contribution is -2.39. The number of halogens is 1. The van der Waals surface area contributed by atoms with Gasteiger partial charge in [0.25, 0.3) is 0 Å².